The number of anilines is 2. The van der Waals surface area contributed by atoms with Crippen molar-refractivity contribution in [3.63, 3.8) is 0 Å². The van der Waals surface area contributed by atoms with Crippen LogP contribution in [0.4, 0.5) is 23.0 Å². The minimum atomic E-state index is 0.524. The number of amidine groups is 2. The predicted octanol–water partition coefficient (Wildman–Crippen LogP) is 6.47. The van der Waals surface area contributed by atoms with E-state index in [1.165, 1.54) is 0 Å². The number of rotatable bonds is 8. The largest absolute Gasteiger partial charge is 0.300 e. The monoisotopic (exact) mass is 497 g/mol. The van der Waals surface area contributed by atoms with Gasteiger partial charge in [-0.2, -0.15) is 0 Å². The van der Waals surface area contributed by atoms with Crippen LogP contribution in [0.3, 0.4) is 0 Å². The highest BCUT2D eigenvalue weighted by atomic mass is 15.4. The van der Waals surface area contributed by atoms with E-state index >= 15 is 0 Å². The van der Waals surface area contributed by atoms with Gasteiger partial charge in [-0.15, -0.1) is 0 Å². The number of hydrogen-bond donors (Lipinski definition) is 4. The van der Waals surface area contributed by atoms with Gasteiger partial charge in [0.2, 0.25) is 0 Å². The number of benzene rings is 4. The van der Waals surface area contributed by atoms with Crippen LogP contribution in [0, 0.1) is 0 Å². The van der Waals surface area contributed by atoms with Gasteiger partial charge in [-0.25, -0.2) is 15.0 Å². The van der Waals surface area contributed by atoms with E-state index in [-0.39, 0.29) is 0 Å². The van der Waals surface area contributed by atoms with Crippen LogP contribution in [0.1, 0.15) is 11.1 Å². The fraction of sp³-hybridized carbons (Fsp3) is 0. The molecule has 0 bridgehead atoms. The number of aromatic nitrogens is 1. The Hall–Kier alpha value is -5.43. The predicted molar refractivity (Wildman–Crippen MR) is 156 cm³/mol. The minimum absolute atomic E-state index is 0.524. The fourth-order valence-electron chi connectivity index (χ4n) is 3.59. The molecule has 4 N–H and O–H groups in total. The van der Waals surface area contributed by atoms with Crippen molar-refractivity contribution in [2.24, 2.45) is 9.98 Å². The Morgan fingerprint density at radius 3 is 1.18 bits per heavy atom. The van der Waals surface area contributed by atoms with Gasteiger partial charge >= 0.3 is 0 Å². The first-order valence-electron chi connectivity index (χ1n) is 12.2. The molecule has 0 spiro atoms. The van der Waals surface area contributed by atoms with Gasteiger partial charge in [0, 0.05) is 11.1 Å². The summed E-state index contributed by atoms with van der Waals surface area (Å²) < 4.78 is 0. The second-order valence-electron chi connectivity index (χ2n) is 8.24. The van der Waals surface area contributed by atoms with Gasteiger partial charge in [-0.05, 0) is 36.4 Å². The van der Waals surface area contributed by atoms with E-state index in [1.54, 1.807) is 0 Å². The van der Waals surface area contributed by atoms with Gasteiger partial charge in [0.15, 0.2) is 23.3 Å². The third-order valence-corrected chi connectivity index (χ3v) is 5.46. The third kappa shape index (κ3) is 6.83. The molecule has 1 heterocycles. The first-order valence-corrected chi connectivity index (χ1v) is 12.2. The summed E-state index contributed by atoms with van der Waals surface area (Å²) in [4.78, 5) is 14.3. The number of nitrogens with zero attached hydrogens (tertiary/aromatic N) is 3. The first kappa shape index (κ1) is 24.3. The summed E-state index contributed by atoms with van der Waals surface area (Å²) in [5.41, 5.74) is 16.6. The van der Waals surface area contributed by atoms with Crippen LogP contribution in [-0.2, 0) is 0 Å². The zero-order chi connectivity index (χ0) is 25.8. The molecule has 0 atom stereocenters. The smallest absolute Gasteiger partial charge is 0.156 e. The Labute approximate surface area is 222 Å². The van der Waals surface area contributed by atoms with Crippen LogP contribution in [0.25, 0.3) is 0 Å². The zero-order valence-corrected chi connectivity index (χ0v) is 20.6. The number of pyridine rings is 1. The van der Waals surface area contributed by atoms with Gasteiger partial charge in [0.1, 0.15) is 0 Å². The third-order valence-electron chi connectivity index (χ3n) is 5.46. The highest BCUT2D eigenvalue weighted by molar-refractivity contribution is 6.01. The zero-order valence-electron chi connectivity index (χ0n) is 20.6. The molecule has 1 aromatic heterocycles. The molecule has 0 radical (unpaired) electrons. The minimum Gasteiger partial charge on any atom is -0.300 e. The standard InChI is InChI=1S/C31H27N7/c1-5-14-24(15-6-1)30(37-35-26-18-9-3-10-19-26)33-28-22-13-23-29(32-28)34-31(25-16-7-2-8-17-25)38-36-27-20-11-4-12-21-27/h1-23,35-36H,(H2,32,33,34,37,38). The van der Waals surface area contributed by atoms with Gasteiger partial charge in [-0.3, -0.25) is 21.7 Å². The Balaban J connectivity index is 1.43. The summed E-state index contributed by atoms with van der Waals surface area (Å²) in [5, 5.41) is 0. The lowest BCUT2D eigenvalue weighted by atomic mass is 10.2. The molecule has 7 nitrogen and oxygen atoms in total. The first-order chi connectivity index (χ1) is 18.8. The van der Waals surface area contributed by atoms with E-state index < -0.39 is 0 Å². The summed E-state index contributed by atoms with van der Waals surface area (Å²) in [6.45, 7) is 0. The molecule has 0 aliphatic rings. The molecule has 7 heteroatoms. The maximum Gasteiger partial charge on any atom is 0.156 e. The lowest BCUT2D eigenvalue weighted by molar-refractivity contribution is 1.09. The number of aliphatic imine (C=N–C) groups is 2. The molecule has 0 aliphatic carbocycles. The summed E-state index contributed by atoms with van der Waals surface area (Å²) in [5.74, 6) is 2.32. The van der Waals surface area contributed by atoms with Crippen molar-refractivity contribution < 1.29 is 0 Å². The molecular formula is C31H27N7. The molecule has 4 aromatic carbocycles. The number of para-hydroxylation sites is 2. The van der Waals surface area contributed by atoms with Crippen LogP contribution in [0.5, 0.6) is 0 Å². The van der Waals surface area contributed by atoms with Gasteiger partial charge in [0.25, 0.3) is 0 Å². The Morgan fingerprint density at radius 1 is 0.421 bits per heavy atom. The van der Waals surface area contributed by atoms with Crippen molar-refractivity contribution in [3.8, 4) is 0 Å². The molecule has 5 rings (SSSR count). The van der Waals surface area contributed by atoms with Crippen LogP contribution in [0.2, 0.25) is 0 Å². The molecule has 0 unspecified atom stereocenters. The van der Waals surface area contributed by atoms with Crippen LogP contribution < -0.4 is 21.7 Å². The molecular weight excluding hydrogens is 470 g/mol. The van der Waals surface area contributed by atoms with Crippen LogP contribution in [0.15, 0.2) is 150 Å². The van der Waals surface area contributed by atoms with Crippen molar-refractivity contribution in [3.05, 3.63) is 151 Å². The molecule has 0 saturated heterocycles. The Bertz CT molecular complexity index is 1370. The number of hydrogen-bond acceptors (Lipinski definition) is 5. The van der Waals surface area contributed by atoms with Gasteiger partial charge < -0.3 is 0 Å². The van der Waals surface area contributed by atoms with E-state index in [9.17, 15) is 0 Å². The average molecular weight is 498 g/mol. The van der Waals surface area contributed by atoms with Crippen LogP contribution in [-0.4, -0.2) is 16.7 Å². The second kappa shape index (κ2) is 12.5. The molecule has 0 aliphatic heterocycles. The van der Waals surface area contributed by atoms with E-state index in [0.717, 1.165) is 22.5 Å². The van der Waals surface area contributed by atoms with E-state index in [4.69, 9.17) is 15.0 Å². The number of nitrogens with one attached hydrogen (secondary N) is 4. The van der Waals surface area contributed by atoms with Crippen molar-refractivity contribution in [2.75, 3.05) is 10.9 Å². The van der Waals surface area contributed by atoms with Gasteiger partial charge in [-0.1, -0.05) is 103 Å². The fourth-order valence-corrected chi connectivity index (χ4v) is 3.59. The highest BCUT2D eigenvalue weighted by Gasteiger charge is 2.07. The maximum atomic E-state index is 4.80. The Morgan fingerprint density at radius 2 is 0.789 bits per heavy atom. The van der Waals surface area contributed by atoms with E-state index in [1.807, 2.05) is 140 Å². The molecule has 0 amide bonds. The summed E-state index contributed by atoms with van der Waals surface area (Å²) >= 11 is 0. The molecule has 38 heavy (non-hydrogen) atoms. The molecule has 186 valence electrons. The molecule has 5 aromatic rings. The van der Waals surface area contributed by atoms with Crippen molar-refractivity contribution in [1.29, 1.82) is 0 Å². The topological polar surface area (TPSA) is 85.7 Å². The quantitative estimate of drug-likeness (QED) is 0.112. The lowest BCUT2D eigenvalue weighted by Crippen LogP contribution is -2.30. The highest BCUT2D eigenvalue weighted by Crippen LogP contribution is 2.18. The van der Waals surface area contributed by atoms with Crippen molar-refractivity contribution in [2.45, 2.75) is 0 Å². The van der Waals surface area contributed by atoms with Gasteiger partial charge in [0.05, 0.1) is 11.4 Å². The van der Waals surface area contributed by atoms with E-state index in [2.05, 4.69) is 21.7 Å². The number of hydrazine groups is 2. The lowest BCUT2D eigenvalue weighted by Gasteiger charge is -2.13. The second-order valence-corrected chi connectivity index (χ2v) is 8.24. The van der Waals surface area contributed by atoms with Crippen molar-refractivity contribution in [1.82, 2.24) is 15.8 Å². The summed E-state index contributed by atoms with van der Waals surface area (Å²) in [7, 11) is 0. The Kier molecular flexibility index (Phi) is 7.99. The average Bonchev–Trinajstić information content (AvgIpc) is 2.99. The summed E-state index contributed by atoms with van der Waals surface area (Å²) in [6, 6.07) is 45.1. The SMILES string of the molecule is c1ccc(NNC(=Nc2cccc(/N=C(\NNc3ccccc3)c3ccccc3)n2)c2ccccc2)cc1. The summed E-state index contributed by atoms with van der Waals surface area (Å²) in [6.07, 6.45) is 0. The maximum absolute atomic E-state index is 4.80. The normalized spacial score (nSPS) is 11.5. The van der Waals surface area contributed by atoms with Crippen molar-refractivity contribution >= 4 is 34.7 Å². The van der Waals surface area contributed by atoms with E-state index in [0.29, 0.717) is 23.3 Å². The molecule has 0 fully saturated rings. The molecule has 0 saturated carbocycles. The van der Waals surface area contributed by atoms with Crippen LogP contribution >= 0.6 is 0 Å².